The summed E-state index contributed by atoms with van der Waals surface area (Å²) < 4.78 is 37.0. The monoisotopic (exact) mass is 251 g/mol. The van der Waals surface area contributed by atoms with Gasteiger partial charge in [-0.1, -0.05) is 6.07 Å². The van der Waals surface area contributed by atoms with Gasteiger partial charge in [-0.25, -0.2) is 0 Å². The summed E-state index contributed by atoms with van der Waals surface area (Å²) in [7, 11) is 0. The number of hydrogen-bond donors (Lipinski definition) is 1. The van der Waals surface area contributed by atoms with Crippen LogP contribution in [0.4, 0.5) is 18.9 Å². The van der Waals surface area contributed by atoms with E-state index in [1.54, 1.807) is 0 Å². The number of carbonyl (C=O) groups excluding carboxylic acids is 1. The predicted octanol–water partition coefficient (Wildman–Crippen LogP) is 3.10. The van der Waals surface area contributed by atoms with Crippen LogP contribution >= 0.6 is 11.6 Å². The van der Waals surface area contributed by atoms with Gasteiger partial charge >= 0.3 is 6.18 Å². The zero-order chi connectivity index (χ0) is 12.3. The highest BCUT2D eigenvalue weighted by atomic mass is 35.5. The van der Waals surface area contributed by atoms with Crippen LogP contribution < -0.4 is 5.73 Å². The molecule has 16 heavy (non-hydrogen) atoms. The molecule has 0 radical (unpaired) electrons. The van der Waals surface area contributed by atoms with E-state index in [-0.39, 0.29) is 23.6 Å². The van der Waals surface area contributed by atoms with E-state index in [4.69, 9.17) is 17.3 Å². The third-order valence-electron chi connectivity index (χ3n) is 2.00. The topological polar surface area (TPSA) is 43.1 Å². The first-order chi connectivity index (χ1) is 7.36. The van der Waals surface area contributed by atoms with Crippen molar-refractivity contribution in [2.75, 3.05) is 11.6 Å². The Bertz CT molecular complexity index is 404. The number of carbonyl (C=O) groups is 1. The molecule has 0 spiro atoms. The highest BCUT2D eigenvalue weighted by Gasteiger charge is 2.32. The van der Waals surface area contributed by atoms with Crippen molar-refractivity contribution in [3.63, 3.8) is 0 Å². The molecular weight excluding hydrogens is 243 g/mol. The third kappa shape index (κ3) is 2.88. The second kappa shape index (κ2) is 4.74. The summed E-state index contributed by atoms with van der Waals surface area (Å²) in [5.41, 5.74) is 3.99. The molecule has 0 aromatic heterocycles. The van der Waals surface area contributed by atoms with E-state index in [2.05, 4.69) is 0 Å². The molecule has 0 aliphatic heterocycles. The summed E-state index contributed by atoms with van der Waals surface area (Å²) in [6, 6.07) is 2.93. The number of nitrogen functional groups attached to an aromatic ring is 1. The second-order valence-corrected chi connectivity index (χ2v) is 3.54. The molecule has 6 heteroatoms. The lowest BCUT2D eigenvalue weighted by molar-refractivity contribution is -0.136. The minimum Gasteiger partial charge on any atom is -0.398 e. The van der Waals surface area contributed by atoms with Gasteiger partial charge in [0.05, 0.1) is 5.56 Å². The van der Waals surface area contributed by atoms with Gasteiger partial charge in [0, 0.05) is 23.6 Å². The fourth-order valence-electron chi connectivity index (χ4n) is 1.22. The third-order valence-corrected chi connectivity index (χ3v) is 2.19. The molecule has 0 heterocycles. The number of alkyl halides is 4. The van der Waals surface area contributed by atoms with Gasteiger partial charge in [-0.15, -0.1) is 11.6 Å². The van der Waals surface area contributed by atoms with Crippen LogP contribution in [0.1, 0.15) is 22.3 Å². The molecule has 0 unspecified atom stereocenters. The highest BCUT2D eigenvalue weighted by Crippen LogP contribution is 2.33. The smallest absolute Gasteiger partial charge is 0.398 e. The van der Waals surface area contributed by atoms with E-state index in [1.807, 2.05) is 0 Å². The van der Waals surface area contributed by atoms with Crippen LogP contribution in [-0.4, -0.2) is 11.7 Å². The molecule has 0 aliphatic rings. The Labute approximate surface area is 95.2 Å². The van der Waals surface area contributed by atoms with Gasteiger partial charge in [-0.3, -0.25) is 4.79 Å². The van der Waals surface area contributed by atoms with Gasteiger partial charge in [0.15, 0.2) is 5.78 Å². The number of anilines is 1. The zero-order valence-electron chi connectivity index (χ0n) is 8.14. The number of ketones is 1. The molecule has 1 rings (SSSR count). The Balaban J connectivity index is 3.05. The molecule has 0 atom stereocenters. The Kier molecular flexibility index (Phi) is 3.80. The number of halogens is 4. The summed E-state index contributed by atoms with van der Waals surface area (Å²) in [4.78, 5) is 11.3. The van der Waals surface area contributed by atoms with Crippen LogP contribution in [0.2, 0.25) is 0 Å². The Morgan fingerprint density at radius 1 is 1.38 bits per heavy atom. The first-order valence-corrected chi connectivity index (χ1v) is 4.95. The average Bonchev–Trinajstić information content (AvgIpc) is 2.16. The molecule has 2 N–H and O–H groups in total. The summed E-state index contributed by atoms with van der Waals surface area (Å²) >= 11 is 5.36. The van der Waals surface area contributed by atoms with Crippen molar-refractivity contribution in [2.45, 2.75) is 12.6 Å². The van der Waals surface area contributed by atoms with Crippen molar-refractivity contribution in [2.24, 2.45) is 0 Å². The zero-order valence-corrected chi connectivity index (χ0v) is 8.90. The summed E-state index contributed by atoms with van der Waals surface area (Å²) in [6.45, 7) is 0. The number of hydrogen-bond acceptors (Lipinski definition) is 2. The van der Waals surface area contributed by atoms with Gasteiger partial charge in [0.25, 0.3) is 0 Å². The molecular formula is C10H9ClF3NO. The Morgan fingerprint density at radius 2 is 2.00 bits per heavy atom. The van der Waals surface area contributed by atoms with Crippen molar-refractivity contribution < 1.29 is 18.0 Å². The first-order valence-electron chi connectivity index (χ1n) is 4.42. The number of rotatable bonds is 3. The van der Waals surface area contributed by atoms with Gasteiger partial charge < -0.3 is 5.73 Å². The fraction of sp³-hybridized carbons (Fsp3) is 0.300. The minimum absolute atomic E-state index is 0.0758. The molecule has 0 amide bonds. The lowest BCUT2D eigenvalue weighted by Gasteiger charge is -2.10. The molecule has 1 aromatic rings. The number of nitrogens with two attached hydrogens (primary N) is 1. The van der Waals surface area contributed by atoms with E-state index >= 15 is 0 Å². The van der Waals surface area contributed by atoms with Gasteiger partial charge in [0.2, 0.25) is 0 Å². The molecule has 2 nitrogen and oxygen atoms in total. The van der Waals surface area contributed by atoms with Crippen molar-refractivity contribution >= 4 is 23.1 Å². The van der Waals surface area contributed by atoms with Crippen LogP contribution in [-0.2, 0) is 6.18 Å². The van der Waals surface area contributed by atoms with Crippen molar-refractivity contribution in [1.82, 2.24) is 0 Å². The van der Waals surface area contributed by atoms with Crippen LogP contribution in [0.3, 0.4) is 0 Å². The SMILES string of the molecule is Nc1cc(C(=O)CCCl)ccc1C(F)(F)F. The Hall–Kier alpha value is -1.23. The molecule has 0 aliphatic carbocycles. The van der Waals surface area contributed by atoms with Gasteiger partial charge in [0.1, 0.15) is 0 Å². The average molecular weight is 252 g/mol. The van der Waals surface area contributed by atoms with Crippen molar-refractivity contribution in [3.8, 4) is 0 Å². The van der Waals surface area contributed by atoms with Crippen LogP contribution in [0.5, 0.6) is 0 Å². The summed E-state index contributed by atoms with van der Waals surface area (Å²) in [5.74, 6) is -0.199. The highest BCUT2D eigenvalue weighted by molar-refractivity contribution is 6.19. The van der Waals surface area contributed by atoms with Gasteiger partial charge in [-0.2, -0.15) is 13.2 Å². The fourth-order valence-corrected chi connectivity index (χ4v) is 1.40. The molecule has 0 saturated heterocycles. The van der Waals surface area contributed by atoms with E-state index in [1.165, 1.54) is 0 Å². The van der Waals surface area contributed by atoms with E-state index < -0.39 is 17.4 Å². The predicted molar refractivity (Wildman–Crippen MR) is 55.5 cm³/mol. The van der Waals surface area contributed by atoms with Crippen molar-refractivity contribution in [3.05, 3.63) is 29.3 Å². The maximum Gasteiger partial charge on any atom is 0.418 e. The normalized spacial score (nSPS) is 11.5. The molecule has 0 bridgehead atoms. The number of Topliss-reactive ketones (excluding diaryl/α,β-unsaturated/α-hetero) is 1. The molecule has 88 valence electrons. The standard InChI is InChI=1S/C10H9ClF3NO/c11-4-3-9(16)6-1-2-7(8(15)5-6)10(12,13)14/h1-2,5H,3-4,15H2. The van der Waals surface area contributed by atoms with Gasteiger partial charge in [-0.05, 0) is 12.1 Å². The lowest BCUT2D eigenvalue weighted by atomic mass is 10.0. The molecule has 1 aromatic carbocycles. The molecule has 0 fully saturated rings. The summed E-state index contributed by atoms with van der Waals surface area (Å²) in [5, 5.41) is 0. The van der Waals surface area contributed by atoms with Crippen LogP contribution in [0.15, 0.2) is 18.2 Å². The quantitative estimate of drug-likeness (QED) is 0.510. The van der Waals surface area contributed by atoms with E-state index in [9.17, 15) is 18.0 Å². The van der Waals surface area contributed by atoms with E-state index in [0.29, 0.717) is 0 Å². The largest absolute Gasteiger partial charge is 0.418 e. The first kappa shape index (κ1) is 12.8. The van der Waals surface area contributed by atoms with Crippen LogP contribution in [0.25, 0.3) is 0 Å². The molecule has 0 saturated carbocycles. The maximum atomic E-state index is 12.3. The van der Waals surface area contributed by atoms with Crippen LogP contribution in [0, 0.1) is 0 Å². The minimum atomic E-state index is -4.50. The lowest BCUT2D eigenvalue weighted by Crippen LogP contribution is -2.10. The second-order valence-electron chi connectivity index (χ2n) is 3.16. The van der Waals surface area contributed by atoms with E-state index in [0.717, 1.165) is 18.2 Å². The Morgan fingerprint density at radius 3 is 2.44 bits per heavy atom. The number of benzene rings is 1. The maximum absolute atomic E-state index is 12.3. The van der Waals surface area contributed by atoms with Crippen molar-refractivity contribution in [1.29, 1.82) is 0 Å². The summed E-state index contributed by atoms with van der Waals surface area (Å²) in [6.07, 6.45) is -4.43.